The van der Waals surface area contributed by atoms with Crippen molar-refractivity contribution in [1.82, 2.24) is 24.9 Å². The highest BCUT2D eigenvalue weighted by Gasteiger charge is 2.26. The van der Waals surface area contributed by atoms with Gasteiger partial charge < -0.3 is 4.42 Å². The third-order valence-electron chi connectivity index (χ3n) is 18.4. The van der Waals surface area contributed by atoms with Crippen LogP contribution in [0.25, 0.3) is 186 Å². The maximum atomic E-state index is 6.09. The Bertz CT molecular complexity index is 6160. The summed E-state index contributed by atoms with van der Waals surface area (Å²) in [6.07, 6.45) is 0. The molecule has 0 spiro atoms. The predicted octanol–water partition coefficient (Wildman–Crippen LogP) is 25.3. The molecule has 0 bridgehead atoms. The van der Waals surface area contributed by atoms with Crippen molar-refractivity contribution in [2.24, 2.45) is 0 Å². The number of para-hydroxylation sites is 5. The minimum Gasteiger partial charge on any atom is -0.436 e. The molecule has 6 aromatic heterocycles. The predicted molar refractivity (Wildman–Crippen MR) is 415 cm³/mol. The molecule has 99 heavy (non-hydrogen) atoms. The Kier molecular flexibility index (Phi) is 15.2. The molecule has 0 saturated heterocycles. The van der Waals surface area contributed by atoms with Crippen LogP contribution in [-0.2, 0) is 0 Å². The highest BCUT2D eigenvalue weighted by Crippen LogP contribution is 2.53. The Morgan fingerprint density at radius 1 is 0.222 bits per heavy atom. The summed E-state index contributed by atoms with van der Waals surface area (Å²) in [6.45, 7) is 0. The Morgan fingerprint density at radius 2 is 0.576 bits per heavy atom. The summed E-state index contributed by atoms with van der Waals surface area (Å²) in [6, 6.07) is 121. The molecule has 19 rings (SSSR count). The van der Waals surface area contributed by atoms with Crippen molar-refractivity contribution < 1.29 is 4.42 Å². The third-order valence-corrected chi connectivity index (χ3v) is 21.0. The van der Waals surface area contributed by atoms with E-state index in [0.29, 0.717) is 5.89 Å². The van der Waals surface area contributed by atoms with Gasteiger partial charge in [-0.2, -0.15) is 0 Å². The average Bonchev–Trinajstić information content (AvgIpc) is 1.60. The lowest BCUT2D eigenvalue weighted by atomic mass is 9.92. The molecule has 0 aliphatic carbocycles. The Balaban J connectivity index is 0.000000144. The van der Waals surface area contributed by atoms with Crippen LogP contribution in [0.4, 0.5) is 0 Å². The lowest BCUT2D eigenvalue weighted by Crippen LogP contribution is -1.95. The van der Waals surface area contributed by atoms with Crippen LogP contribution in [-0.4, -0.2) is 24.9 Å². The van der Waals surface area contributed by atoms with Crippen LogP contribution in [0, 0.1) is 0 Å². The van der Waals surface area contributed by atoms with Crippen molar-refractivity contribution >= 4 is 86.7 Å². The summed E-state index contributed by atoms with van der Waals surface area (Å²) >= 11 is 3.69. The number of pyridine rings is 2. The molecule has 19 aromatic rings. The van der Waals surface area contributed by atoms with E-state index in [1.165, 1.54) is 74.4 Å². The van der Waals surface area contributed by atoms with Gasteiger partial charge in [0.15, 0.2) is 11.4 Å². The topological polar surface area (TPSA) is 77.6 Å². The molecule has 0 amide bonds. The number of aromatic nitrogens is 5. The first kappa shape index (κ1) is 58.9. The van der Waals surface area contributed by atoms with Gasteiger partial charge >= 0.3 is 0 Å². The number of thiophene rings is 2. The summed E-state index contributed by atoms with van der Waals surface area (Å²) in [5, 5.41) is 5.72. The smallest absolute Gasteiger partial charge is 0.227 e. The largest absolute Gasteiger partial charge is 0.436 e. The van der Waals surface area contributed by atoms with E-state index in [1.807, 2.05) is 71.2 Å². The molecule has 0 aliphatic rings. The van der Waals surface area contributed by atoms with Gasteiger partial charge in [-0.15, -0.1) is 22.7 Å². The van der Waals surface area contributed by atoms with Crippen LogP contribution >= 0.6 is 22.7 Å². The normalized spacial score (nSPS) is 11.4. The first-order chi connectivity index (χ1) is 49.1. The molecule has 0 atom stereocenters. The van der Waals surface area contributed by atoms with E-state index >= 15 is 0 Å². The lowest BCUT2D eigenvalue weighted by Gasteiger charge is -2.13. The summed E-state index contributed by atoms with van der Waals surface area (Å²) in [7, 11) is 0. The van der Waals surface area contributed by atoms with E-state index in [2.05, 4.69) is 297 Å². The summed E-state index contributed by atoms with van der Waals surface area (Å²) in [4.78, 5) is 27.9. The second-order valence-corrected chi connectivity index (χ2v) is 26.6. The van der Waals surface area contributed by atoms with Gasteiger partial charge in [-0.1, -0.05) is 291 Å². The number of hydrogen-bond donors (Lipinski definition) is 0. The minimum atomic E-state index is 0.626. The highest BCUT2D eigenvalue weighted by molar-refractivity contribution is 7.24. The number of rotatable bonds is 11. The summed E-state index contributed by atoms with van der Waals surface area (Å²) in [5.74, 6) is 1.35. The van der Waals surface area contributed by atoms with Gasteiger partial charge in [0.1, 0.15) is 5.52 Å². The zero-order valence-electron chi connectivity index (χ0n) is 53.4. The third kappa shape index (κ3) is 11.1. The second kappa shape index (κ2) is 25.5. The SMILES string of the molecule is c1ccc(-c2cccc(-c3c(-c4ccc(-c5nc(-c6ccccc6)nc6ccccc56)cc4)sc4c3c(-c3ccccc3)nc3ccccc34)c2)cc1.c1ccc(-c2cccc(-c3c(-c4ccc(-c5nc6ccccc6o5)cc4)sc4c3c(-c3ccccc3)nc3ccccc34)c2)cc1. The molecule has 0 aliphatic heterocycles. The van der Waals surface area contributed by atoms with Crippen molar-refractivity contribution in [2.75, 3.05) is 0 Å². The molecule has 13 aromatic carbocycles. The first-order valence-electron chi connectivity index (χ1n) is 33.1. The fourth-order valence-corrected chi connectivity index (χ4v) is 16.4. The fourth-order valence-electron chi connectivity index (χ4n) is 13.7. The molecule has 6 heterocycles. The quantitative estimate of drug-likeness (QED) is 0.128. The fraction of sp³-hybridized carbons (Fsp3) is 0. The monoisotopic (exact) mass is 1300 g/mol. The number of oxazole rings is 1. The molecule has 464 valence electrons. The summed E-state index contributed by atoms with van der Waals surface area (Å²) in [5.41, 5.74) is 24.5. The van der Waals surface area contributed by atoms with Crippen molar-refractivity contribution in [1.29, 1.82) is 0 Å². The number of nitrogens with zero attached hydrogens (tertiary/aromatic N) is 5. The standard InChI is InChI=1S/C49H31N3S.C42H26N2OS/c1-4-15-32(16-5-1)37-21-14-22-38(31-37)43-44-46(33-17-6-2-7-18-33)50-42-26-13-11-24-40(42)48(44)53-47(43)35-29-27-34(28-30-35)45-39-23-10-12-25-41(39)51-49(52-45)36-19-8-3-9-20-36;1-3-12-27(13-4-1)31-16-11-17-32(26-31)37-38-39(28-14-5-2-6-15-28)43-34-19-8-7-18-33(34)41(38)46-40(37)29-22-24-30(25-23-29)42-44-35-20-9-10-21-36(35)45-42/h1-31H;1-26H. The van der Waals surface area contributed by atoms with Crippen molar-refractivity contribution in [3.63, 3.8) is 0 Å². The van der Waals surface area contributed by atoms with Crippen LogP contribution < -0.4 is 0 Å². The molecular formula is C91H57N5OS2. The van der Waals surface area contributed by atoms with E-state index in [0.717, 1.165) is 106 Å². The molecule has 0 saturated carbocycles. The Hall–Kier alpha value is -12.6. The van der Waals surface area contributed by atoms with Crippen LogP contribution in [0.5, 0.6) is 0 Å². The first-order valence-corrected chi connectivity index (χ1v) is 34.7. The van der Waals surface area contributed by atoms with E-state index < -0.39 is 0 Å². The number of benzene rings is 13. The van der Waals surface area contributed by atoms with Gasteiger partial charge in [0, 0.05) is 85.0 Å². The zero-order valence-corrected chi connectivity index (χ0v) is 55.0. The number of fused-ring (bicyclic) bond motifs is 8. The molecule has 6 nitrogen and oxygen atoms in total. The van der Waals surface area contributed by atoms with Gasteiger partial charge in [0.05, 0.1) is 33.6 Å². The van der Waals surface area contributed by atoms with Crippen molar-refractivity contribution in [2.45, 2.75) is 0 Å². The summed E-state index contributed by atoms with van der Waals surface area (Å²) < 4.78 is 8.57. The Morgan fingerprint density at radius 3 is 1.05 bits per heavy atom. The highest BCUT2D eigenvalue weighted by atomic mass is 32.1. The van der Waals surface area contributed by atoms with E-state index in [4.69, 9.17) is 29.3 Å². The zero-order chi connectivity index (χ0) is 65.6. The van der Waals surface area contributed by atoms with Gasteiger partial charge in [-0.25, -0.2) is 24.9 Å². The van der Waals surface area contributed by atoms with Gasteiger partial charge in [0.2, 0.25) is 5.89 Å². The van der Waals surface area contributed by atoms with Crippen LogP contribution in [0.2, 0.25) is 0 Å². The van der Waals surface area contributed by atoms with Gasteiger partial charge in [-0.3, -0.25) is 0 Å². The van der Waals surface area contributed by atoms with Crippen LogP contribution in [0.3, 0.4) is 0 Å². The second-order valence-electron chi connectivity index (χ2n) is 24.5. The van der Waals surface area contributed by atoms with Crippen LogP contribution in [0.1, 0.15) is 0 Å². The van der Waals surface area contributed by atoms with Crippen LogP contribution in [0.15, 0.2) is 350 Å². The maximum Gasteiger partial charge on any atom is 0.227 e. The molecule has 0 N–H and O–H groups in total. The molecule has 0 unspecified atom stereocenters. The maximum absolute atomic E-state index is 6.09. The Labute approximate surface area is 579 Å². The molecule has 0 fully saturated rings. The molecule has 8 heteroatoms. The van der Waals surface area contributed by atoms with E-state index in [9.17, 15) is 0 Å². The molecule has 0 radical (unpaired) electrons. The van der Waals surface area contributed by atoms with E-state index in [-0.39, 0.29) is 0 Å². The average molecular weight is 1300 g/mol. The van der Waals surface area contributed by atoms with E-state index in [1.54, 1.807) is 0 Å². The van der Waals surface area contributed by atoms with Gasteiger partial charge in [0.25, 0.3) is 0 Å². The lowest BCUT2D eigenvalue weighted by molar-refractivity contribution is 0.620. The molecular weight excluding hydrogens is 1240 g/mol. The minimum absolute atomic E-state index is 0.626. The van der Waals surface area contributed by atoms with Crippen molar-refractivity contribution in [3.8, 4) is 122 Å². The van der Waals surface area contributed by atoms with Crippen molar-refractivity contribution in [3.05, 3.63) is 346 Å². The van der Waals surface area contributed by atoms with Gasteiger partial charge in [-0.05, 0) is 99.1 Å². The number of hydrogen-bond acceptors (Lipinski definition) is 8.